The van der Waals surface area contributed by atoms with E-state index >= 15 is 0 Å². The van der Waals surface area contributed by atoms with E-state index in [0.29, 0.717) is 48.2 Å². The van der Waals surface area contributed by atoms with Crippen molar-refractivity contribution in [2.45, 2.75) is 123 Å². The van der Waals surface area contributed by atoms with Gasteiger partial charge in [0, 0.05) is 19.6 Å². The number of ether oxygens (including phenoxy) is 6. The second kappa shape index (κ2) is 23.9. The summed E-state index contributed by atoms with van der Waals surface area (Å²) in [6.07, 6.45) is -0.372. The summed E-state index contributed by atoms with van der Waals surface area (Å²) in [7, 11) is 2.53. The van der Waals surface area contributed by atoms with E-state index in [1.807, 2.05) is 0 Å². The van der Waals surface area contributed by atoms with Crippen molar-refractivity contribution < 1.29 is 81.3 Å². The van der Waals surface area contributed by atoms with Gasteiger partial charge in [0.05, 0.1) is 24.8 Å². The Morgan fingerprint density at radius 1 is 0.573 bits per heavy atom. The van der Waals surface area contributed by atoms with Gasteiger partial charge in [-0.2, -0.15) is 0 Å². The number of carbonyl (C=O) groups is 6. The minimum atomic E-state index is -1.12. The molecular weight excluding hydrogens is 1000 g/mol. The molecule has 0 spiro atoms. The normalized spacial score (nSPS) is 16.9. The van der Waals surface area contributed by atoms with Gasteiger partial charge in [-0.1, -0.05) is 29.8 Å². The zero-order chi connectivity index (χ0) is 55.9. The fourth-order valence-electron chi connectivity index (χ4n) is 8.33. The van der Waals surface area contributed by atoms with Gasteiger partial charge in [-0.3, -0.25) is 14.7 Å². The van der Waals surface area contributed by atoms with Gasteiger partial charge in [-0.15, -0.1) is 0 Å². The molecule has 0 aliphatic carbocycles. The highest BCUT2D eigenvalue weighted by atomic mass is 35.5. The zero-order valence-electron chi connectivity index (χ0n) is 43.7. The molecule has 406 valence electrons. The molecule has 0 aromatic heterocycles. The lowest BCUT2D eigenvalue weighted by molar-refractivity contribution is -0.148. The summed E-state index contributed by atoms with van der Waals surface area (Å²) >= 11 is 5.72. The predicted octanol–water partition coefficient (Wildman–Crippen LogP) is 9.92. The van der Waals surface area contributed by atoms with Crippen molar-refractivity contribution in [3.8, 4) is 17.2 Å². The summed E-state index contributed by atoms with van der Waals surface area (Å²) in [4.78, 5) is 77.4. The number of carbonyl (C=O) groups excluding carboxylic acids is 5. The van der Waals surface area contributed by atoms with Crippen LogP contribution in [0.4, 0.5) is 23.2 Å². The Labute approximate surface area is 438 Å². The Bertz CT molecular complexity index is 2790. The molecule has 0 saturated carbocycles. The number of benzene rings is 4. The maximum absolute atomic E-state index is 14.1. The largest absolute Gasteiger partial charge is 0.508 e. The summed E-state index contributed by atoms with van der Waals surface area (Å²) in [6.45, 7) is 16.2. The number of halogens is 3. The molecule has 0 bridgehead atoms. The van der Waals surface area contributed by atoms with Gasteiger partial charge in [-0.05, 0) is 163 Å². The molecule has 3 heterocycles. The molecule has 0 saturated heterocycles. The van der Waals surface area contributed by atoms with Gasteiger partial charge in [0.15, 0.2) is 23.9 Å². The van der Waals surface area contributed by atoms with E-state index in [1.54, 1.807) is 98.7 Å². The number of fused-ring (bicyclic) bond motifs is 3. The molecule has 3 atom stereocenters. The first kappa shape index (κ1) is 58.5. The van der Waals surface area contributed by atoms with Crippen molar-refractivity contribution in [1.82, 2.24) is 14.7 Å². The molecule has 0 fully saturated rings. The first-order chi connectivity index (χ1) is 34.9. The lowest BCUT2D eigenvalue weighted by Crippen LogP contribution is -2.46. The highest BCUT2D eigenvalue weighted by Crippen LogP contribution is 2.37. The number of amides is 3. The van der Waals surface area contributed by atoms with Crippen LogP contribution >= 0.6 is 11.6 Å². The number of phenols is 2. The molecule has 4 aromatic carbocycles. The van der Waals surface area contributed by atoms with Gasteiger partial charge < -0.3 is 43.7 Å². The number of phenolic OH excluding ortho intramolecular Hbond substituents is 2. The standard InChI is InChI=1S/C23H24ClF2NO5.C16H21NO5.C15H19NO5/c1-23(2,3)32-22(29)27-10-9-13-11-14(5-6-15(13)20(27)21(28)30-4)31-12-16-18(25)8-7-17(24)19(16)26;1-16(2,3)22-15(20)17-8-7-10-9-11(18)5-6-12(10)13(17)14(19)21-4;1-15(2,3)21-14(20)16-7-6-9-8-10(17)4-5-11(9)12(16)13(18)19/h5-8,11,20H,9-10,12H2,1-4H3;5-6,9,13,18H,7-8H2,1-4H3;4-5,8,12,17H,6-7H2,1-3H3,(H,18,19)/t20-;13-;/m11./s1. The number of nitrogens with zero attached hydrogens (tertiary/aromatic N) is 3. The fraction of sp³-hybridized carbons (Fsp3) is 0.444. The van der Waals surface area contributed by atoms with Crippen molar-refractivity contribution >= 4 is 47.8 Å². The maximum atomic E-state index is 14.1. The molecule has 7 rings (SSSR count). The van der Waals surface area contributed by atoms with E-state index in [9.17, 15) is 52.9 Å². The van der Waals surface area contributed by atoms with E-state index in [0.717, 1.165) is 28.8 Å². The van der Waals surface area contributed by atoms with Crippen LogP contribution in [-0.4, -0.2) is 117 Å². The third-order valence-corrected chi connectivity index (χ3v) is 11.8. The van der Waals surface area contributed by atoms with Crippen molar-refractivity contribution in [2.24, 2.45) is 0 Å². The summed E-state index contributed by atoms with van der Waals surface area (Å²) in [5.74, 6) is -3.31. The van der Waals surface area contributed by atoms with Crippen LogP contribution in [0.3, 0.4) is 0 Å². The number of hydrogen-bond donors (Lipinski definition) is 3. The Hall–Kier alpha value is -7.35. The molecule has 1 unspecified atom stereocenters. The molecule has 3 aliphatic rings. The van der Waals surface area contributed by atoms with Gasteiger partial charge in [0.25, 0.3) is 0 Å². The van der Waals surface area contributed by atoms with Crippen LogP contribution in [0.15, 0.2) is 66.7 Å². The van der Waals surface area contributed by atoms with Crippen molar-refractivity contribution in [3.63, 3.8) is 0 Å². The lowest BCUT2D eigenvalue weighted by atomic mass is 9.92. The number of carboxylic acid groups (broad SMARTS) is 1. The molecule has 4 aromatic rings. The van der Waals surface area contributed by atoms with Crippen LogP contribution < -0.4 is 4.74 Å². The molecule has 75 heavy (non-hydrogen) atoms. The number of rotatable bonds is 6. The fourth-order valence-corrected chi connectivity index (χ4v) is 8.50. The molecule has 3 N–H and O–H groups in total. The quantitative estimate of drug-likeness (QED) is 0.0927. The number of aliphatic carboxylic acids is 1. The summed E-state index contributed by atoms with van der Waals surface area (Å²) in [6, 6.07) is 13.4. The van der Waals surface area contributed by atoms with Crippen LogP contribution in [0.1, 0.15) is 119 Å². The molecule has 0 radical (unpaired) electrons. The summed E-state index contributed by atoms with van der Waals surface area (Å²) in [5.41, 5.74) is 1.73. The van der Waals surface area contributed by atoms with Crippen LogP contribution in [0.2, 0.25) is 5.02 Å². The Morgan fingerprint density at radius 2 is 0.947 bits per heavy atom. The van der Waals surface area contributed by atoms with E-state index in [2.05, 4.69) is 0 Å². The minimum Gasteiger partial charge on any atom is -0.508 e. The minimum absolute atomic E-state index is 0.0867. The Kier molecular flexibility index (Phi) is 18.6. The van der Waals surface area contributed by atoms with E-state index in [4.69, 9.17) is 40.0 Å². The van der Waals surface area contributed by atoms with Crippen LogP contribution in [-0.2, 0) is 63.9 Å². The Balaban J connectivity index is 0.000000215. The van der Waals surface area contributed by atoms with E-state index in [1.165, 1.54) is 47.1 Å². The predicted molar refractivity (Wildman–Crippen MR) is 268 cm³/mol. The first-order valence-electron chi connectivity index (χ1n) is 23.8. The molecule has 18 nitrogen and oxygen atoms in total. The number of hydrogen-bond acceptors (Lipinski definition) is 14. The number of aromatic hydroxyl groups is 2. The van der Waals surface area contributed by atoms with Crippen LogP contribution in [0.25, 0.3) is 0 Å². The monoisotopic (exact) mass is 1070 g/mol. The molecular formula is C54H64ClF2N3O15. The van der Waals surface area contributed by atoms with Crippen LogP contribution in [0.5, 0.6) is 17.2 Å². The van der Waals surface area contributed by atoms with Gasteiger partial charge in [0.2, 0.25) is 0 Å². The number of esters is 2. The molecule has 21 heteroatoms. The Morgan fingerprint density at radius 3 is 1.33 bits per heavy atom. The second-order valence-electron chi connectivity index (χ2n) is 20.6. The summed E-state index contributed by atoms with van der Waals surface area (Å²) < 4.78 is 59.4. The number of carboxylic acids is 1. The first-order valence-corrected chi connectivity index (χ1v) is 24.2. The van der Waals surface area contributed by atoms with E-state index in [-0.39, 0.29) is 41.8 Å². The lowest BCUT2D eigenvalue weighted by Gasteiger charge is -2.36. The van der Waals surface area contributed by atoms with Gasteiger partial charge in [-0.25, -0.2) is 37.5 Å². The maximum Gasteiger partial charge on any atom is 0.411 e. The molecule has 3 aliphatic heterocycles. The third kappa shape index (κ3) is 15.1. The summed E-state index contributed by atoms with van der Waals surface area (Å²) in [5, 5.41) is 28.3. The van der Waals surface area contributed by atoms with E-state index < -0.39 is 82.8 Å². The topological polar surface area (TPSA) is 228 Å². The third-order valence-electron chi connectivity index (χ3n) is 11.5. The number of methoxy groups -OCH3 is 2. The van der Waals surface area contributed by atoms with Gasteiger partial charge in [0.1, 0.15) is 46.5 Å². The van der Waals surface area contributed by atoms with Crippen LogP contribution in [0, 0.1) is 11.6 Å². The SMILES string of the molecule is CC(C)(C)OC(=O)N1CCc2cc(O)ccc2C1C(=O)O.COC(=O)[C@H]1c2ccc(O)cc2CCN1C(=O)OC(C)(C)C.COC(=O)[C@H]1c2ccc(OCc3c(F)ccc(Cl)c3F)cc2CCN1C(=O)OC(C)(C)C. The van der Waals surface area contributed by atoms with Crippen molar-refractivity contribution in [2.75, 3.05) is 33.9 Å². The highest BCUT2D eigenvalue weighted by molar-refractivity contribution is 6.30. The smallest absolute Gasteiger partial charge is 0.411 e. The van der Waals surface area contributed by atoms with Crippen molar-refractivity contribution in [1.29, 1.82) is 0 Å². The highest BCUT2D eigenvalue weighted by Gasteiger charge is 2.41. The zero-order valence-corrected chi connectivity index (χ0v) is 44.5. The average Bonchev–Trinajstić information content (AvgIpc) is 3.32. The molecule has 3 amide bonds. The second-order valence-corrected chi connectivity index (χ2v) is 21.0. The van der Waals surface area contributed by atoms with Crippen molar-refractivity contribution in [3.05, 3.63) is 122 Å². The van der Waals surface area contributed by atoms with Gasteiger partial charge >= 0.3 is 36.2 Å². The average molecular weight is 1070 g/mol.